The number of halogens is 2. The van der Waals surface area contributed by atoms with Crippen molar-refractivity contribution in [1.29, 1.82) is 0 Å². The standard InChI is InChI=1S/C12H12Cl2N2O4/c13-8-5-9(14)12(16-6-8)20-2-1-15-11(17)10-7-18-3-4-19-10/h5-7H,1-4H2,(H,15,17). The van der Waals surface area contributed by atoms with Gasteiger partial charge in [-0.15, -0.1) is 0 Å². The number of carbonyl (C=O) groups excluding carboxylic acids is 1. The third-order valence-electron chi connectivity index (χ3n) is 2.27. The lowest BCUT2D eigenvalue weighted by Crippen LogP contribution is -2.31. The van der Waals surface area contributed by atoms with Gasteiger partial charge in [-0.2, -0.15) is 0 Å². The first kappa shape index (κ1) is 14.7. The molecule has 1 aromatic rings. The molecule has 0 aromatic carbocycles. The summed E-state index contributed by atoms with van der Waals surface area (Å²) in [6, 6.07) is 1.53. The van der Waals surface area contributed by atoms with E-state index in [-0.39, 0.29) is 30.7 Å². The number of rotatable bonds is 5. The van der Waals surface area contributed by atoms with Crippen LogP contribution in [-0.2, 0) is 14.3 Å². The average Bonchev–Trinajstić information content (AvgIpc) is 2.46. The molecule has 0 unspecified atom stereocenters. The number of nitrogens with zero attached hydrogens (tertiary/aromatic N) is 1. The quantitative estimate of drug-likeness (QED) is 0.838. The lowest BCUT2D eigenvalue weighted by atomic mass is 10.4. The van der Waals surface area contributed by atoms with Gasteiger partial charge in [0.05, 0.1) is 11.6 Å². The van der Waals surface area contributed by atoms with Gasteiger partial charge in [0.15, 0.2) is 0 Å². The smallest absolute Gasteiger partial charge is 0.289 e. The number of nitrogens with one attached hydrogen (secondary N) is 1. The molecule has 8 heteroatoms. The molecule has 0 atom stereocenters. The number of amides is 1. The highest BCUT2D eigenvalue weighted by Gasteiger charge is 2.14. The highest BCUT2D eigenvalue weighted by Crippen LogP contribution is 2.24. The molecule has 1 aromatic heterocycles. The van der Waals surface area contributed by atoms with Crippen LogP contribution in [0.3, 0.4) is 0 Å². The van der Waals surface area contributed by atoms with Crippen molar-refractivity contribution in [2.75, 3.05) is 26.4 Å². The van der Waals surface area contributed by atoms with E-state index in [2.05, 4.69) is 10.3 Å². The van der Waals surface area contributed by atoms with Crippen LogP contribution < -0.4 is 10.1 Å². The van der Waals surface area contributed by atoms with E-state index in [9.17, 15) is 4.79 Å². The minimum Gasteiger partial charge on any atom is -0.494 e. The monoisotopic (exact) mass is 318 g/mol. The molecule has 108 valence electrons. The summed E-state index contributed by atoms with van der Waals surface area (Å²) in [4.78, 5) is 15.6. The predicted octanol–water partition coefficient (Wildman–Crippen LogP) is 1.77. The van der Waals surface area contributed by atoms with E-state index < -0.39 is 0 Å². The van der Waals surface area contributed by atoms with Crippen LogP contribution in [0.1, 0.15) is 0 Å². The molecule has 0 radical (unpaired) electrons. The van der Waals surface area contributed by atoms with Gasteiger partial charge in [-0.05, 0) is 6.07 Å². The first-order valence-corrected chi connectivity index (χ1v) is 6.59. The highest BCUT2D eigenvalue weighted by atomic mass is 35.5. The molecule has 1 amide bonds. The van der Waals surface area contributed by atoms with Crippen LogP contribution in [0.4, 0.5) is 0 Å². The molecule has 20 heavy (non-hydrogen) atoms. The van der Waals surface area contributed by atoms with Gasteiger partial charge < -0.3 is 19.5 Å². The first-order valence-electron chi connectivity index (χ1n) is 5.83. The fourth-order valence-corrected chi connectivity index (χ4v) is 1.83. The Labute approximate surface area is 125 Å². The Kier molecular flexibility index (Phi) is 5.31. The second kappa shape index (κ2) is 7.21. The predicted molar refractivity (Wildman–Crippen MR) is 72.7 cm³/mol. The van der Waals surface area contributed by atoms with Gasteiger partial charge in [0.1, 0.15) is 31.1 Å². The Morgan fingerprint density at radius 3 is 3.00 bits per heavy atom. The van der Waals surface area contributed by atoms with Crippen LogP contribution in [-0.4, -0.2) is 37.3 Å². The van der Waals surface area contributed by atoms with Gasteiger partial charge in [0.25, 0.3) is 5.91 Å². The second-order valence-electron chi connectivity index (χ2n) is 3.75. The number of carbonyl (C=O) groups is 1. The second-order valence-corrected chi connectivity index (χ2v) is 4.59. The molecule has 1 aliphatic heterocycles. The topological polar surface area (TPSA) is 69.7 Å². The lowest BCUT2D eigenvalue weighted by molar-refractivity contribution is -0.122. The molecule has 0 saturated carbocycles. The zero-order valence-corrected chi connectivity index (χ0v) is 11.9. The molecule has 0 bridgehead atoms. The van der Waals surface area contributed by atoms with E-state index in [0.29, 0.717) is 23.3 Å². The zero-order chi connectivity index (χ0) is 14.4. The van der Waals surface area contributed by atoms with Gasteiger partial charge in [0.2, 0.25) is 11.6 Å². The van der Waals surface area contributed by atoms with Crippen molar-refractivity contribution >= 4 is 29.1 Å². The van der Waals surface area contributed by atoms with Crippen LogP contribution in [0.2, 0.25) is 10.0 Å². The minimum absolute atomic E-state index is 0.152. The maximum Gasteiger partial charge on any atom is 0.289 e. The van der Waals surface area contributed by atoms with E-state index in [4.69, 9.17) is 37.4 Å². The Balaban J connectivity index is 1.73. The summed E-state index contributed by atoms with van der Waals surface area (Å²) in [5.41, 5.74) is 0. The third kappa shape index (κ3) is 4.18. The van der Waals surface area contributed by atoms with E-state index in [1.807, 2.05) is 0 Å². The Morgan fingerprint density at radius 2 is 2.30 bits per heavy atom. The maximum atomic E-state index is 11.6. The molecular formula is C12H12Cl2N2O4. The summed E-state index contributed by atoms with van der Waals surface area (Å²) in [6.07, 6.45) is 2.72. The average molecular weight is 319 g/mol. The zero-order valence-electron chi connectivity index (χ0n) is 10.4. The first-order chi connectivity index (χ1) is 9.66. The molecule has 1 aliphatic rings. The molecule has 0 fully saturated rings. The van der Waals surface area contributed by atoms with Gasteiger partial charge >= 0.3 is 0 Å². The number of aromatic nitrogens is 1. The number of hydrogen-bond donors (Lipinski definition) is 1. The van der Waals surface area contributed by atoms with Crippen molar-refractivity contribution < 1.29 is 19.0 Å². The van der Waals surface area contributed by atoms with Gasteiger partial charge in [-0.1, -0.05) is 23.2 Å². The SMILES string of the molecule is O=C(NCCOc1ncc(Cl)cc1Cl)C1=COCCO1. The minimum atomic E-state index is -0.358. The van der Waals surface area contributed by atoms with Gasteiger partial charge in [-0.3, -0.25) is 4.79 Å². The van der Waals surface area contributed by atoms with Crippen molar-refractivity contribution in [1.82, 2.24) is 10.3 Å². The van der Waals surface area contributed by atoms with Crippen molar-refractivity contribution in [3.05, 3.63) is 34.3 Å². The number of hydrogen-bond acceptors (Lipinski definition) is 5. The maximum absolute atomic E-state index is 11.6. The molecule has 1 N–H and O–H groups in total. The molecule has 2 heterocycles. The Morgan fingerprint density at radius 1 is 1.45 bits per heavy atom. The summed E-state index contributed by atoms with van der Waals surface area (Å²) in [7, 11) is 0. The van der Waals surface area contributed by atoms with Crippen LogP contribution >= 0.6 is 23.2 Å². The van der Waals surface area contributed by atoms with E-state index in [1.165, 1.54) is 18.5 Å². The van der Waals surface area contributed by atoms with Crippen LogP contribution in [0.25, 0.3) is 0 Å². The largest absolute Gasteiger partial charge is 0.494 e. The number of ether oxygens (including phenoxy) is 3. The fourth-order valence-electron chi connectivity index (χ4n) is 1.40. The number of pyridine rings is 1. The highest BCUT2D eigenvalue weighted by molar-refractivity contribution is 6.35. The fraction of sp³-hybridized carbons (Fsp3) is 0.333. The molecule has 0 aliphatic carbocycles. The summed E-state index contributed by atoms with van der Waals surface area (Å²) in [5, 5.41) is 3.36. The molecule has 6 nitrogen and oxygen atoms in total. The van der Waals surface area contributed by atoms with Gasteiger partial charge in [0, 0.05) is 6.20 Å². The summed E-state index contributed by atoms with van der Waals surface area (Å²) >= 11 is 11.6. The van der Waals surface area contributed by atoms with Crippen molar-refractivity contribution in [2.24, 2.45) is 0 Å². The molecule has 0 spiro atoms. The normalized spacial score (nSPS) is 13.8. The van der Waals surface area contributed by atoms with Crippen LogP contribution in [0.5, 0.6) is 5.88 Å². The van der Waals surface area contributed by atoms with Crippen molar-refractivity contribution in [2.45, 2.75) is 0 Å². The van der Waals surface area contributed by atoms with Crippen LogP contribution in [0.15, 0.2) is 24.3 Å². The molecule has 2 rings (SSSR count). The molecular weight excluding hydrogens is 307 g/mol. The van der Waals surface area contributed by atoms with Crippen molar-refractivity contribution in [3.63, 3.8) is 0 Å². The third-order valence-corrected chi connectivity index (χ3v) is 2.75. The summed E-state index contributed by atoms with van der Waals surface area (Å²) in [5.74, 6) is 0.0594. The van der Waals surface area contributed by atoms with E-state index in [1.54, 1.807) is 0 Å². The Hall–Kier alpha value is -1.66. The summed E-state index contributed by atoms with van der Waals surface area (Å²) in [6.45, 7) is 1.30. The Bertz CT molecular complexity index is 522. The van der Waals surface area contributed by atoms with Gasteiger partial charge in [-0.25, -0.2) is 4.98 Å². The van der Waals surface area contributed by atoms with E-state index >= 15 is 0 Å². The molecule has 0 saturated heterocycles. The lowest BCUT2D eigenvalue weighted by Gasteiger charge is -2.15. The van der Waals surface area contributed by atoms with Crippen LogP contribution in [0, 0.1) is 0 Å². The van der Waals surface area contributed by atoms with E-state index in [0.717, 1.165) is 0 Å². The van der Waals surface area contributed by atoms with Crippen molar-refractivity contribution in [3.8, 4) is 5.88 Å². The summed E-state index contributed by atoms with van der Waals surface area (Å²) < 4.78 is 15.4.